The predicted octanol–water partition coefficient (Wildman–Crippen LogP) is 4.07. The van der Waals surface area contributed by atoms with Crippen molar-refractivity contribution in [1.82, 2.24) is 0 Å². The molecule has 0 aliphatic rings. The molecule has 0 saturated heterocycles. The van der Waals surface area contributed by atoms with Gasteiger partial charge in [0.2, 0.25) is 0 Å². The molecule has 0 unspecified atom stereocenters. The quantitative estimate of drug-likeness (QED) is 0.551. The van der Waals surface area contributed by atoms with Gasteiger partial charge in [-0.05, 0) is 15.9 Å². The van der Waals surface area contributed by atoms with Gasteiger partial charge in [0.15, 0.2) is 4.74 Å². The fraction of sp³-hybridized carbons (Fsp3) is 0.667. The molecule has 0 aliphatic carbocycles. The summed E-state index contributed by atoms with van der Waals surface area (Å²) < 4.78 is 20.4. The molecular formula is C6H13BrF2Si. The molecule has 0 spiro atoms. The second-order valence-corrected chi connectivity index (χ2v) is 10.2. The Morgan fingerprint density at radius 1 is 1.30 bits per heavy atom. The minimum Gasteiger partial charge on any atom is -0.212 e. The molecular weight excluding hydrogens is 218 g/mol. The first-order valence-electron chi connectivity index (χ1n) is 2.88. The van der Waals surface area contributed by atoms with Gasteiger partial charge in [0.1, 0.15) is 6.33 Å². The van der Waals surface area contributed by atoms with Crippen LogP contribution in [0.25, 0.3) is 0 Å². The number of rotatable bonds is 0. The van der Waals surface area contributed by atoms with Crippen LogP contribution in [-0.2, 0) is 0 Å². The molecule has 0 amide bonds. The summed E-state index contributed by atoms with van der Waals surface area (Å²) >= 11 is 2.19. The third kappa shape index (κ3) is 83.7. The maximum atomic E-state index is 10.8. The van der Waals surface area contributed by atoms with E-state index in [0.717, 1.165) is 0 Å². The summed E-state index contributed by atoms with van der Waals surface area (Å²) in [5, 5.41) is 0. The number of halogens is 3. The number of hydrogen-bond acceptors (Lipinski definition) is 0. The van der Waals surface area contributed by atoms with Crippen molar-refractivity contribution in [3.8, 4) is 0 Å². The van der Waals surface area contributed by atoms with E-state index in [1.165, 1.54) is 0 Å². The zero-order valence-corrected chi connectivity index (χ0v) is 9.30. The van der Waals surface area contributed by atoms with Gasteiger partial charge in [-0.2, -0.15) is 4.39 Å². The van der Waals surface area contributed by atoms with Crippen molar-refractivity contribution in [2.75, 3.05) is 0 Å². The third-order valence-corrected chi connectivity index (χ3v) is 0.256. The van der Waals surface area contributed by atoms with Crippen molar-refractivity contribution >= 4 is 24.0 Å². The molecule has 0 nitrogen and oxygen atoms in total. The lowest BCUT2D eigenvalue weighted by atomic mass is 11.2. The molecule has 0 saturated carbocycles. The Hall–Kier alpha value is 0.297. The molecule has 0 fully saturated rings. The van der Waals surface area contributed by atoms with Crippen molar-refractivity contribution < 1.29 is 8.78 Å². The molecule has 62 valence electrons. The van der Waals surface area contributed by atoms with E-state index in [2.05, 4.69) is 42.1 Å². The fourth-order valence-electron chi connectivity index (χ4n) is 0. The van der Waals surface area contributed by atoms with Gasteiger partial charge >= 0.3 is 0 Å². The third-order valence-electron chi connectivity index (χ3n) is 0.0825. The van der Waals surface area contributed by atoms with Gasteiger partial charge in [-0.25, -0.2) is 4.39 Å². The predicted molar refractivity (Wildman–Crippen MR) is 48.4 cm³/mol. The first-order chi connectivity index (χ1) is 4.27. The maximum Gasteiger partial charge on any atom is 0.193 e. The average Bonchev–Trinajstić information content (AvgIpc) is 1.61. The van der Waals surface area contributed by atoms with E-state index in [-0.39, 0.29) is 6.33 Å². The van der Waals surface area contributed by atoms with E-state index in [1.807, 2.05) is 0 Å². The summed E-state index contributed by atoms with van der Waals surface area (Å²) in [6.07, 6.45) is -0.167. The summed E-state index contributed by atoms with van der Waals surface area (Å²) in [6.45, 7) is 9.31. The van der Waals surface area contributed by atoms with E-state index >= 15 is 0 Å². The molecule has 0 rings (SSSR count). The minimum atomic E-state index is -0.975. The van der Waals surface area contributed by atoms with E-state index in [4.69, 9.17) is 0 Å². The van der Waals surface area contributed by atoms with Crippen molar-refractivity contribution in [1.29, 1.82) is 0 Å². The number of hydrogen-bond donors (Lipinski definition) is 0. The molecule has 0 radical (unpaired) electrons. The summed E-state index contributed by atoms with van der Waals surface area (Å²) in [6, 6.07) is 0. The molecule has 0 aliphatic heterocycles. The standard InChI is InChI=1S/C4H12Si.C2HBrF2/c1-5(2,3)4;3-2(5)1-4/h1-4H3;1H. The zero-order valence-electron chi connectivity index (χ0n) is 6.71. The SMILES string of the molecule is C[Si](C)(C)C.FC=C(F)Br. The largest absolute Gasteiger partial charge is 0.212 e. The van der Waals surface area contributed by atoms with Crippen LogP contribution < -0.4 is 0 Å². The van der Waals surface area contributed by atoms with Crippen LogP contribution in [0.15, 0.2) is 11.1 Å². The average molecular weight is 231 g/mol. The molecule has 0 N–H and O–H groups in total. The van der Waals surface area contributed by atoms with Crippen LogP contribution >= 0.6 is 15.9 Å². The molecule has 0 aromatic carbocycles. The van der Waals surface area contributed by atoms with Gasteiger partial charge in [0.05, 0.1) is 0 Å². The van der Waals surface area contributed by atoms with Crippen LogP contribution in [0.4, 0.5) is 8.78 Å². The Bertz CT molecular complexity index is 96.8. The molecule has 0 atom stereocenters. The summed E-state index contributed by atoms with van der Waals surface area (Å²) in [5.41, 5.74) is 0. The fourth-order valence-corrected chi connectivity index (χ4v) is 0. The van der Waals surface area contributed by atoms with Gasteiger partial charge in [0, 0.05) is 8.07 Å². The lowest BCUT2D eigenvalue weighted by Gasteiger charge is -2.01. The molecule has 0 heterocycles. The molecule has 0 aromatic rings. The van der Waals surface area contributed by atoms with Crippen LogP contribution in [0.2, 0.25) is 26.2 Å². The minimum absolute atomic E-state index is 0.167. The molecule has 0 aromatic heterocycles. The van der Waals surface area contributed by atoms with Gasteiger partial charge in [-0.3, -0.25) is 0 Å². The van der Waals surface area contributed by atoms with Crippen LogP contribution in [0.1, 0.15) is 0 Å². The van der Waals surface area contributed by atoms with E-state index in [1.54, 1.807) is 0 Å². The van der Waals surface area contributed by atoms with E-state index < -0.39 is 12.8 Å². The normalized spacial score (nSPS) is 12.1. The monoisotopic (exact) mass is 230 g/mol. The highest BCUT2D eigenvalue weighted by atomic mass is 79.9. The Morgan fingerprint density at radius 2 is 1.40 bits per heavy atom. The lowest BCUT2D eigenvalue weighted by Crippen LogP contribution is -2.10. The lowest BCUT2D eigenvalue weighted by molar-refractivity contribution is 0.634. The van der Waals surface area contributed by atoms with Crippen molar-refractivity contribution in [2.24, 2.45) is 0 Å². The van der Waals surface area contributed by atoms with Crippen molar-refractivity contribution in [3.63, 3.8) is 0 Å². The first kappa shape index (κ1) is 12.9. The van der Waals surface area contributed by atoms with Crippen molar-refractivity contribution in [3.05, 3.63) is 11.1 Å². The van der Waals surface area contributed by atoms with Gasteiger partial charge < -0.3 is 0 Å². The first-order valence-corrected chi connectivity index (χ1v) is 7.68. The van der Waals surface area contributed by atoms with Crippen LogP contribution in [0, 0.1) is 0 Å². The second-order valence-electron chi connectivity index (χ2n) is 3.40. The van der Waals surface area contributed by atoms with Crippen LogP contribution in [0.3, 0.4) is 0 Å². The maximum absolute atomic E-state index is 10.8. The smallest absolute Gasteiger partial charge is 0.193 e. The summed E-state index contributed by atoms with van der Waals surface area (Å²) in [7, 11) is -0.611. The molecule has 4 heteroatoms. The van der Waals surface area contributed by atoms with Crippen molar-refractivity contribution in [2.45, 2.75) is 26.2 Å². The summed E-state index contributed by atoms with van der Waals surface area (Å²) in [5.74, 6) is 0. The molecule has 10 heavy (non-hydrogen) atoms. The Balaban J connectivity index is 0. The highest BCUT2D eigenvalue weighted by molar-refractivity contribution is 9.11. The van der Waals surface area contributed by atoms with E-state index in [9.17, 15) is 8.78 Å². The zero-order chi connectivity index (χ0) is 8.78. The molecule has 0 bridgehead atoms. The highest BCUT2D eigenvalue weighted by Gasteiger charge is 1.99. The van der Waals surface area contributed by atoms with Gasteiger partial charge in [-0.1, -0.05) is 26.2 Å². The Labute approximate surface area is 70.5 Å². The summed E-state index contributed by atoms with van der Waals surface area (Å²) in [4.78, 5) is 0. The van der Waals surface area contributed by atoms with Gasteiger partial charge in [-0.15, -0.1) is 0 Å². The van der Waals surface area contributed by atoms with E-state index in [0.29, 0.717) is 0 Å². The Kier molecular flexibility index (Phi) is 7.80. The topological polar surface area (TPSA) is 0 Å². The van der Waals surface area contributed by atoms with Crippen LogP contribution in [-0.4, -0.2) is 8.07 Å². The van der Waals surface area contributed by atoms with Crippen LogP contribution in [0.5, 0.6) is 0 Å². The second kappa shape index (κ2) is 6.04. The highest BCUT2D eigenvalue weighted by Crippen LogP contribution is 2.03. The Morgan fingerprint density at radius 3 is 1.40 bits per heavy atom. The van der Waals surface area contributed by atoms with Gasteiger partial charge in [0.25, 0.3) is 0 Å².